The minimum atomic E-state index is 0.199. The number of nitrogens with zero attached hydrogens (tertiary/aromatic N) is 4. The molecule has 3 rings (SSSR count). The number of phenolic OH excluding ortho intramolecular Hbond substituents is 2. The average molecular weight is 577 g/mol. The van der Waals surface area contributed by atoms with Gasteiger partial charge in [0.15, 0.2) is 0 Å². The van der Waals surface area contributed by atoms with Gasteiger partial charge >= 0.3 is 0 Å². The smallest absolute Gasteiger partial charge is 0.233 e. The molecule has 0 bridgehead atoms. The van der Waals surface area contributed by atoms with Crippen molar-refractivity contribution in [2.75, 3.05) is 29.1 Å². The summed E-state index contributed by atoms with van der Waals surface area (Å²) in [5, 5.41) is 25.6. The molecule has 1 heterocycles. The lowest BCUT2D eigenvalue weighted by Crippen LogP contribution is -2.22. The maximum atomic E-state index is 9.60. The summed E-state index contributed by atoms with van der Waals surface area (Å²) < 4.78 is 0. The standard InChI is InChI=1S/C34H52N6O2/c1-3-4-5-6-7-8-9-10-11-12-13-14-15-16-17-18-27-40(2)34-38-32(35-28-19-23-30(41)24-20-28)37-33(39-34)36-29-21-25-31(42)26-22-29/h19-26,41-42H,3-18,27H2,1-2H3,(H2,35,36,37,38,39). The van der Waals surface area contributed by atoms with Gasteiger partial charge in [-0.3, -0.25) is 0 Å². The molecule has 8 heteroatoms. The van der Waals surface area contributed by atoms with Gasteiger partial charge in [-0.1, -0.05) is 103 Å². The monoisotopic (exact) mass is 576 g/mol. The lowest BCUT2D eigenvalue weighted by atomic mass is 10.0. The van der Waals surface area contributed by atoms with E-state index in [1.54, 1.807) is 48.5 Å². The number of phenols is 2. The molecule has 0 unspecified atom stereocenters. The normalized spacial score (nSPS) is 11.0. The predicted molar refractivity (Wildman–Crippen MR) is 175 cm³/mol. The Hall–Kier alpha value is -3.55. The molecule has 0 spiro atoms. The highest BCUT2D eigenvalue weighted by Gasteiger charge is 2.12. The molecule has 0 aliphatic rings. The summed E-state index contributed by atoms with van der Waals surface area (Å²) in [4.78, 5) is 15.9. The van der Waals surface area contributed by atoms with Crippen molar-refractivity contribution < 1.29 is 10.2 Å². The van der Waals surface area contributed by atoms with Crippen molar-refractivity contribution in [1.82, 2.24) is 15.0 Å². The molecule has 8 nitrogen and oxygen atoms in total. The van der Waals surface area contributed by atoms with E-state index in [1.165, 1.54) is 96.3 Å². The van der Waals surface area contributed by atoms with Crippen LogP contribution in [0.25, 0.3) is 0 Å². The van der Waals surface area contributed by atoms with Crippen LogP contribution in [0, 0.1) is 0 Å². The van der Waals surface area contributed by atoms with E-state index in [-0.39, 0.29) is 11.5 Å². The van der Waals surface area contributed by atoms with E-state index < -0.39 is 0 Å². The van der Waals surface area contributed by atoms with Gasteiger partial charge < -0.3 is 25.7 Å². The van der Waals surface area contributed by atoms with Crippen molar-refractivity contribution in [2.45, 2.75) is 110 Å². The summed E-state index contributed by atoms with van der Waals surface area (Å²) >= 11 is 0. The highest BCUT2D eigenvalue weighted by atomic mass is 16.3. The second-order valence-electron chi connectivity index (χ2n) is 11.4. The third-order valence-electron chi connectivity index (χ3n) is 7.56. The minimum Gasteiger partial charge on any atom is -0.508 e. The molecule has 0 atom stereocenters. The number of unbranched alkanes of at least 4 members (excludes halogenated alkanes) is 15. The number of aromatic hydroxyl groups is 2. The first kappa shape index (κ1) is 33.0. The van der Waals surface area contributed by atoms with Gasteiger partial charge in [0, 0.05) is 25.0 Å². The third kappa shape index (κ3) is 13.4. The van der Waals surface area contributed by atoms with Gasteiger partial charge in [0.25, 0.3) is 0 Å². The number of hydrogen-bond acceptors (Lipinski definition) is 8. The van der Waals surface area contributed by atoms with E-state index in [2.05, 4.69) is 37.4 Å². The number of nitrogens with one attached hydrogen (secondary N) is 2. The van der Waals surface area contributed by atoms with Crippen LogP contribution in [0.1, 0.15) is 110 Å². The van der Waals surface area contributed by atoms with Crippen LogP contribution in [-0.2, 0) is 0 Å². The number of benzene rings is 2. The van der Waals surface area contributed by atoms with Crippen molar-refractivity contribution in [3.05, 3.63) is 48.5 Å². The molecular weight excluding hydrogens is 524 g/mol. The molecule has 0 saturated heterocycles. The van der Waals surface area contributed by atoms with Gasteiger partial charge in [-0.2, -0.15) is 15.0 Å². The van der Waals surface area contributed by atoms with Gasteiger partial charge in [-0.15, -0.1) is 0 Å². The first-order chi connectivity index (χ1) is 20.5. The lowest BCUT2D eigenvalue weighted by Gasteiger charge is -2.19. The topological polar surface area (TPSA) is 106 Å². The van der Waals surface area contributed by atoms with Crippen LogP contribution in [0.2, 0.25) is 0 Å². The highest BCUT2D eigenvalue weighted by Crippen LogP contribution is 2.23. The zero-order chi connectivity index (χ0) is 29.8. The van der Waals surface area contributed by atoms with Crippen LogP contribution < -0.4 is 15.5 Å². The second kappa shape index (κ2) is 19.5. The van der Waals surface area contributed by atoms with Crippen LogP contribution in [-0.4, -0.2) is 38.8 Å². The first-order valence-electron chi connectivity index (χ1n) is 16.1. The van der Waals surface area contributed by atoms with Gasteiger partial charge in [0.05, 0.1) is 0 Å². The van der Waals surface area contributed by atoms with E-state index in [0.29, 0.717) is 17.8 Å². The average Bonchev–Trinajstić information content (AvgIpc) is 2.99. The first-order valence-corrected chi connectivity index (χ1v) is 16.1. The van der Waals surface area contributed by atoms with Crippen LogP contribution in [0.15, 0.2) is 48.5 Å². The maximum absolute atomic E-state index is 9.60. The van der Waals surface area contributed by atoms with Gasteiger partial charge in [-0.05, 0) is 55.0 Å². The van der Waals surface area contributed by atoms with E-state index in [1.807, 2.05) is 7.05 Å². The van der Waals surface area contributed by atoms with Crippen LogP contribution in [0.5, 0.6) is 11.5 Å². The molecule has 230 valence electrons. The van der Waals surface area contributed by atoms with Gasteiger partial charge in [-0.25, -0.2) is 0 Å². The fraction of sp³-hybridized carbons (Fsp3) is 0.559. The van der Waals surface area contributed by atoms with Gasteiger partial charge in [0.2, 0.25) is 17.8 Å². The van der Waals surface area contributed by atoms with Crippen LogP contribution in [0.3, 0.4) is 0 Å². The Balaban J connectivity index is 1.37. The summed E-state index contributed by atoms with van der Waals surface area (Å²) in [5.74, 6) is 1.79. The van der Waals surface area contributed by atoms with Crippen LogP contribution >= 0.6 is 0 Å². The zero-order valence-electron chi connectivity index (χ0n) is 25.8. The largest absolute Gasteiger partial charge is 0.508 e. The van der Waals surface area contributed by atoms with Crippen molar-refractivity contribution >= 4 is 29.2 Å². The zero-order valence-corrected chi connectivity index (χ0v) is 25.8. The Labute approximate surface area is 253 Å². The SMILES string of the molecule is CCCCCCCCCCCCCCCCCCN(C)c1nc(Nc2ccc(O)cc2)nc(Nc2ccc(O)cc2)n1. The van der Waals surface area contributed by atoms with Crippen LogP contribution in [0.4, 0.5) is 29.2 Å². The van der Waals surface area contributed by atoms with Gasteiger partial charge in [0.1, 0.15) is 11.5 Å². The molecule has 2 aromatic carbocycles. The Morgan fingerprint density at radius 1 is 0.524 bits per heavy atom. The molecule has 0 amide bonds. The molecule has 0 aliphatic heterocycles. The number of rotatable bonds is 22. The van der Waals surface area contributed by atoms with Crippen molar-refractivity contribution in [2.24, 2.45) is 0 Å². The summed E-state index contributed by atoms with van der Waals surface area (Å²) in [6.45, 7) is 3.14. The van der Waals surface area contributed by atoms with E-state index in [0.717, 1.165) is 24.3 Å². The maximum Gasteiger partial charge on any atom is 0.233 e. The molecule has 0 fully saturated rings. The fourth-order valence-corrected chi connectivity index (χ4v) is 4.99. The second-order valence-corrected chi connectivity index (χ2v) is 11.4. The minimum absolute atomic E-state index is 0.199. The molecule has 1 aromatic heterocycles. The molecular formula is C34H52N6O2. The summed E-state index contributed by atoms with van der Waals surface area (Å²) in [7, 11) is 2.01. The van der Waals surface area contributed by atoms with Crippen molar-refractivity contribution in [1.29, 1.82) is 0 Å². The lowest BCUT2D eigenvalue weighted by molar-refractivity contribution is 0.475. The summed E-state index contributed by atoms with van der Waals surface area (Å²) in [5.41, 5.74) is 1.53. The Bertz CT molecular complexity index is 1060. The summed E-state index contributed by atoms with van der Waals surface area (Å²) in [6, 6.07) is 13.5. The van der Waals surface area contributed by atoms with E-state index in [4.69, 9.17) is 0 Å². The van der Waals surface area contributed by atoms with Crippen molar-refractivity contribution in [3.63, 3.8) is 0 Å². The number of hydrogen-bond donors (Lipinski definition) is 4. The molecule has 3 aromatic rings. The quantitative estimate of drug-likeness (QED) is 0.0692. The molecule has 42 heavy (non-hydrogen) atoms. The number of anilines is 5. The molecule has 0 aliphatic carbocycles. The Kier molecular flexibility index (Phi) is 15.3. The number of aromatic nitrogens is 3. The van der Waals surface area contributed by atoms with E-state index >= 15 is 0 Å². The Morgan fingerprint density at radius 2 is 0.881 bits per heavy atom. The van der Waals surface area contributed by atoms with Crippen molar-refractivity contribution in [3.8, 4) is 11.5 Å². The summed E-state index contributed by atoms with van der Waals surface area (Å²) in [6.07, 6.45) is 21.6. The van der Waals surface area contributed by atoms with E-state index in [9.17, 15) is 10.2 Å². The molecule has 4 N–H and O–H groups in total. The third-order valence-corrected chi connectivity index (χ3v) is 7.56. The Morgan fingerprint density at radius 3 is 1.26 bits per heavy atom. The fourth-order valence-electron chi connectivity index (χ4n) is 4.99. The highest BCUT2D eigenvalue weighted by molar-refractivity contribution is 5.60. The predicted octanol–water partition coefficient (Wildman–Crippen LogP) is 9.47. The molecule has 0 radical (unpaired) electrons. The molecule has 0 saturated carbocycles.